The average molecular weight is 663 g/mol. The number of hydrogen-bond donors (Lipinski definition) is 3. The Bertz CT molecular complexity index is 2010. The van der Waals surface area contributed by atoms with Gasteiger partial charge in [0, 0.05) is 32.8 Å². The highest BCUT2D eigenvalue weighted by Gasteiger charge is 2.47. The molecule has 5 aromatic rings. The second kappa shape index (κ2) is 12.5. The third-order valence-corrected chi connectivity index (χ3v) is 9.61. The van der Waals surface area contributed by atoms with Gasteiger partial charge in [0.2, 0.25) is 5.91 Å². The van der Waals surface area contributed by atoms with Gasteiger partial charge in [-0.1, -0.05) is 23.7 Å². The van der Waals surface area contributed by atoms with Crippen LogP contribution in [0.15, 0.2) is 47.8 Å². The Labute approximate surface area is 273 Å². The number of thiophene rings is 1. The number of amides is 2. The van der Waals surface area contributed by atoms with E-state index < -0.39 is 17.4 Å². The monoisotopic (exact) mass is 662 g/mol. The molecular formula is C34H32ClFN4O5S. The van der Waals surface area contributed by atoms with E-state index in [4.69, 9.17) is 31.8 Å². The third kappa shape index (κ3) is 5.86. The summed E-state index contributed by atoms with van der Waals surface area (Å²) in [6.07, 6.45) is 1.25. The lowest BCUT2D eigenvalue weighted by atomic mass is 9.90. The van der Waals surface area contributed by atoms with Crippen LogP contribution < -0.4 is 20.5 Å². The SMILES string of the molecule is CCOc1c(CC(N)=O)cc([C@@](O)(CNC(=O)c2cc(OC)c3nc(C)c(Cl)cc3c2)C2CC2)nc1-c1csc2c(F)cccc12. The molecule has 1 atom stereocenters. The lowest BCUT2D eigenvalue weighted by Gasteiger charge is -2.30. The van der Waals surface area contributed by atoms with Gasteiger partial charge >= 0.3 is 0 Å². The summed E-state index contributed by atoms with van der Waals surface area (Å²) in [6.45, 7) is 3.70. The first-order valence-electron chi connectivity index (χ1n) is 14.8. The number of aryl methyl sites for hydroxylation is 1. The van der Waals surface area contributed by atoms with Crippen molar-refractivity contribution in [2.45, 2.75) is 38.7 Å². The molecule has 46 heavy (non-hydrogen) atoms. The van der Waals surface area contributed by atoms with E-state index in [1.165, 1.54) is 24.5 Å². The normalized spacial score (nSPS) is 14.3. The first-order valence-corrected chi connectivity index (χ1v) is 16.1. The second-order valence-corrected chi connectivity index (χ2v) is 12.7. The minimum Gasteiger partial charge on any atom is -0.494 e. The first kappa shape index (κ1) is 31.7. The van der Waals surface area contributed by atoms with E-state index in [9.17, 15) is 19.1 Å². The second-order valence-electron chi connectivity index (χ2n) is 11.4. The number of carbonyl (C=O) groups excluding carboxylic acids is 2. The first-order chi connectivity index (χ1) is 22.0. The van der Waals surface area contributed by atoms with E-state index in [0.717, 1.165) is 0 Å². The molecular weight excluding hydrogens is 631 g/mol. The molecule has 4 N–H and O–H groups in total. The van der Waals surface area contributed by atoms with Crippen LogP contribution in [0, 0.1) is 18.7 Å². The number of nitrogens with zero attached hydrogens (tertiary/aromatic N) is 2. The molecule has 2 aromatic carbocycles. The van der Waals surface area contributed by atoms with Crippen LogP contribution in [0.5, 0.6) is 11.5 Å². The largest absolute Gasteiger partial charge is 0.494 e. The fourth-order valence-corrected chi connectivity index (χ4v) is 6.87. The van der Waals surface area contributed by atoms with Crippen molar-refractivity contribution in [1.82, 2.24) is 15.3 Å². The van der Waals surface area contributed by atoms with Gasteiger partial charge in [-0.3, -0.25) is 9.59 Å². The number of halogens is 2. The minimum atomic E-state index is -1.60. The molecule has 12 heteroatoms. The number of aromatic nitrogens is 2. The predicted molar refractivity (Wildman–Crippen MR) is 176 cm³/mol. The summed E-state index contributed by atoms with van der Waals surface area (Å²) in [5.41, 5.74) is 7.20. The molecule has 2 amide bonds. The maximum absolute atomic E-state index is 14.7. The lowest BCUT2D eigenvalue weighted by Crippen LogP contribution is -2.43. The van der Waals surface area contributed by atoms with Gasteiger partial charge in [0.1, 0.15) is 34.1 Å². The highest BCUT2D eigenvalue weighted by atomic mass is 35.5. The zero-order valence-corrected chi connectivity index (χ0v) is 27.0. The van der Waals surface area contributed by atoms with Crippen LogP contribution in [0.25, 0.3) is 32.2 Å². The van der Waals surface area contributed by atoms with Gasteiger partial charge in [0.25, 0.3) is 5.91 Å². The van der Waals surface area contributed by atoms with Crippen LogP contribution >= 0.6 is 22.9 Å². The van der Waals surface area contributed by atoms with Crippen molar-refractivity contribution >= 4 is 55.7 Å². The number of benzene rings is 2. The van der Waals surface area contributed by atoms with Gasteiger partial charge < -0.3 is 25.6 Å². The Morgan fingerprint density at radius 1 is 1.22 bits per heavy atom. The predicted octanol–water partition coefficient (Wildman–Crippen LogP) is 6.08. The maximum atomic E-state index is 14.7. The number of nitrogens with two attached hydrogens (primary N) is 1. The molecule has 9 nitrogen and oxygen atoms in total. The van der Waals surface area contributed by atoms with Crippen molar-refractivity contribution in [1.29, 1.82) is 0 Å². The summed E-state index contributed by atoms with van der Waals surface area (Å²) in [6, 6.07) is 11.4. The maximum Gasteiger partial charge on any atom is 0.251 e. The average Bonchev–Trinajstić information content (AvgIpc) is 3.80. The van der Waals surface area contributed by atoms with Crippen molar-refractivity contribution in [3.63, 3.8) is 0 Å². The molecule has 1 fully saturated rings. The van der Waals surface area contributed by atoms with Crippen molar-refractivity contribution in [3.8, 4) is 22.8 Å². The van der Waals surface area contributed by atoms with E-state index in [2.05, 4.69) is 10.3 Å². The molecule has 6 rings (SSSR count). The Balaban J connectivity index is 1.42. The molecule has 0 unspecified atom stereocenters. The zero-order chi connectivity index (χ0) is 32.7. The summed E-state index contributed by atoms with van der Waals surface area (Å²) in [5, 5.41) is 18.7. The number of pyridine rings is 2. The van der Waals surface area contributed by atoms with Crippen molar-refractivity contribution < 1.29 is 28.6 Å². The molecule has 0 aliphatic heterocycles. The fourth-order valence-electron chi connectivity index (χ4n) is 5.75. The molecule has 3 heterocycles. The number of primary amides is 1. The number of rotatable bonds is 11. The Kier molecular flexibility index (Phi) is 8.58. The molecule has 1 aliphatic rings. The summed E-state index contributed by atoms with van der Waals surface area (Å²) < 4.78 is 26.7. The van der Waals surface area contributed by atoms with Crippen molar-refractivity contribution in [2.24, 2.45) is 11.7 Å². The quantitative estimate of drug-likeness (QED) is 0.156. The highest BCUT2D eigenvalue weighted by molar-refractivity contribution is 7.17. The Morgan fingerprint density at radius 2 is 2.00 bits per heavy atom. The van der Waals surface area contributed by atoms with Crippen LogP contribution in [0.1, 0.15) is 47.1 Å². The van der Waals surface area contributed by atoms with Crippen molar-refractivity contribution in [3.05, 3.63) is 81.2 Å². The van der Waals surface area contributed by atoms with E-state index in [0.29, 0.717) is 78.4 Å². The smallest absolute Gasteiger partial charge is 0.251 e. The van der Waals surface area contributed by atoms with Crippen LogP contribution in [0.2, 0.25) is 5.02 Å². The number of methoxy groups -OCH3 is 1. The van der Waals surface area contributed by atoms with Gasteiger partial charge in [0.15, 0.2) is 0 Å². The van der Waals surface area contributed by atoms with Crippen LogP contribution in [-0.4, -0.2) is 47.2 Å². The topological polar surface area (TPSA) is 137 Å². The standard InChI is InChI=1S/C34H32ClFN4O5S/c1-4-45-31-19(14-28(37)41)13-27(40-30(31)23-15-46-32-22(23)6-5-7-25(32)36)34(43,21-8-9-21)16-38-33(42)20-10-18-11-24(35)17(2)39-29(18)26(12-20)44-3/h5-7,10-13,15,21,43H,4,8-9,14,16H2,1-3H3,(H2,37,41)(H,38,42)/t34-/m1/s1. The van der Waals surface area contributed by atoms with Crippen LogP contribution in [-0.2, 0) is 16.8 Å². The third-order valence-electron chi connectivity index (χ3n) is 8.22. The zero-order valence-electron chi connectivity index (χ0n) is 25.4. The molecule has 1 aliphatic carbocycles. The summed E-state index contributed by atoms with van der Waals surface area (Å²) in [5.74, 6) is -0.866. The number of hydrogen-bond acceptors (Lipinski definition) is 8. The minimum absolute atomic E-state index is 0.167. The van der Waals surface area contributed by atoms with Gasteiger partial charge in [-0.15, -0.1) is 11.3 Å². The van der Waals surface area contributed by atoms with Gasteiger partial charge in [-0.2, -0.15) is 0 Å². The van der Waals surface area contributed by atoms with Crippen molar-refractivity contribution in [2.75, 3.05) is 20.3 Å². The number of carbonyl (C=O) groups is 2. The van der Waals surface area contributed by atoms with Gasteiger partial charge in [0.05, 0.1) is 47.8 Å². The molecule has 238 valence electrons. The summed E-state index contributed by atoms with van der Waals surface area (Å²) in [7, 11) is 1.50. The van der Waals surface area contributed by atoms with Crippen LogP contribution in [0.4, 0.5) is 4.39 Å². The number of fused-ring (bicyclic) bond motifs is 2. The molecule has 3 aromatic heterocycles. The number of aliphatic hydroxyl groups is 1. The molecule has 0 radical (unpaired) electrons. The molecule has 0 saturated heterocycles. The Morgan fingerprint density at radius 3 is 2.70 bits per heavy atom. The van der Waals surface area contributed by atoms with Crippen LogP contribution in [0.3, 0.4) is 0 Å². The van der Waals surface area contributed by atoms with Gasteiger partial charge in [-0.25, -0.2) is 14.4 Å². The van der Waals surface area contributed by atoms with Gasteiger partial charge in [-0.05, 0) is 62.9 Å². The number of nitrogens with one attached hydrogen (secondary N) is 1. The Hall–Kier alpha value is -4.32. The summed E-state index contributed by atoms with van der Waals surface area (Å²) in [4.78, 5) is 35.2. The summed E-state index contributed by atoms with van der Waals surface area (Å²) >= 11 is 7.54. The highest BCUT2D eigenvalue weighted by Crippen LogP contribution is 2.48. The molecule has 0 spiro atoms. The van der Waals surface area contributed by atoms with E-state index >= 15 is 0 Å². The molecule has 1 saturated carbocycles. The van der Waals surface area contributed by atoms with E-state index in [1.807, 2.05) is 0 Å². The molecule has 0 bridgehead atoms. The van der Waals surface area contributed by atoms with E-state index in [1.54, 1.807) is 55.6 Å². The number of ether oxygens (including phenoxy) is 2. The van der Waals surface area contributed by atoms with E-state index in [-0.39, 0.29) is 37.0 Å². The lowest BCUT2D eigenvalue weighted by molar-refractivity contribution is -0.117. The fraction of sp³-hybridized carbons (Fsp3) is 0.294.